The molecule has 0 aromatic heterocycles. The van der Waals surface area contributed by atoms with E-state index in [1.807, 2.05) is 0 Å². The van der Waals surface area contributed by atoms with E-state index < -0.39 is 32.7 Å². The molecular formula is C13H18FNO4S. The third kappa shape index (κ3) is 4.01. The number of aliphatic carboxylic acids is 1. The number of rotatable bonds is 6. The molecule has 0 spiro atoms. The molecule has 112 valence electrons. The maximum atomic E-state index is 13.7. The molecule has 0 saturated carbocycles. The Morgan fingerprint density at radius 3 is 2.45 bits per heavy atom. The summed E-state index contributed by atoms with van der Waals surface area (Å²) in [5, 5.41) is 9.05. The van der Waals surface area contributed by atoms with Crippen LogP contribution < -0.4 is 4.72 Å². The molecule has 0 aliphatic rings. The van der Waals surface area contributed by atoms with E-state index in [1.165, 1.54) is 19.1 Å². The lowest BCUT2D eigenvalue weighted by Crippen LogP contribution is -2.42. The van der Waals surface area contributed by atoms with Crippen molar-refractivity contribution in [3.8, 4) is 0 Å². The van der Waals surface area contributed by atoms with Gasteiger partial charge in [-0.05, 0) is 30.9 Å². The summed E-state index contributed by atoms with van der Waals surface area (Å²) in [6.07, 6.45) is 0.127. The molecule has 0 aliphatic heterocycles. The molecule has 7 heteroatoms. The Kier molecular flexibility index (Phi) is 5.24. The van der Waals surface area contributed by atoms with Crippen LogP contribution in [0.4, 0.5) is 4.39 Å². The highest BCUT2D eigenvalue weighted by Gasteiger charge is 2.29. The first-order chi connectivity index (χ1) is 9.15. The Bertz CT molecular complexity index is 578. The predicted octanol–water partition coefficient (Wildman–Crippen LogP) is 1.91. The molecule has 5 nitrogen and oxygen atoms in total. The zero-order valence-electron chi connectivity index (χ0n) is 11.6. The van der Waals surface area contributed by atoms with Crippen LogP contribution in [-0.4, -0.2) is 25.5 Å². The van der Waals surface area contributed by atoms with Gasteiger partial charge >= 0.3 is 5.97 Å². The Morgan fingerprint density at radius 1 is 1.40 bits per heavy atom. The van der Waals surface area contributed by atoms with Crippen molar-refractivity contribution >= 4 is 16.0 Å². The highest BCUT2D eigenvalue weighted by Crippen LogP contribution is 2.20. The normalized spacial score (nSPS) is 13.4. The van der Waals surface area contributed by atoms with Gasteiger partial charge in [-0.1, -0.05) is 26.0 Å². The van der Waals surface area contributed by atoms with Gasteiger partial charge in [0.05, 0.1) is 0 Å². The van der Waals surface area contributed by atoms with Crippen LogP contribution >= 0.6 is 0 Å². The number of sulfonamides is 1. The number of benzene rings is 1. The van der Waals surface area contributed by atoms with Crippen molar-refractivity contribution in [3.05, 3.63) is 29.6 Å². The van der Waals surface area contributed by atoms with Crippen molar-refractivity contribution in [1.29, 1.82) is 0 Å². The summed E-state index contributed by atoms with van der Waals surface area (Å²) in [5.74, 6) is -2.19. The molecule has 0 heterocycles. The second-order valence-corrected chi connectivity index (χ2v) is 6.68. The van der Waals surface area contributed by atoms with Crippen LogP contribution in [0.5, 0.6) is 0 Å². The summed E-state index contributed by atoms with van der Waals surface area (Å²) >= 11 is 0. The molecule has 2 N–H and O–H groups in total. The molecule has 1 rings (SSSR count). The number of carbonyl (C=O) groups is 1. The van der Waals surface area contributed by atoms with Gasteiger partial charge in [-0.2, -0.15) is 4.72 Å². The van der Waals surface area contributed by atoms with Crippen molar-refractivity contribution in [2.75, 3.05) is 0 Å². The summed E-state index contributed by atoms with van der Waals surface area (Å²) in [4.78, 5) is 10.6. The van der Waals surface area contributed by atoms with Crippen LogP contribution in [0.1, 0.15) is 25.8 Å². The van der Waals surface area contributed by atoms with E-state index >= 15 is 0 Å². The fourth-order valence-corrected chi connectivity index (χ4v) is 3.38. The standard InChI is InChI=1S/C13H18FNO4S/c1-8(2)7-11(13(16)17)15-20(18,19)12-9(3)5-4-6-10(12)14/h4-6,8,11,15H,7H2,1-3H3,(H,16,17)/t11-/m0/s1. The Morgan fingerprint density at radius 2 is 2.00 bits per heavy atom. The second-order valence-electron chi connectivity index (χ2n) is 5.03. The highest BCUT2D eigenvalue weighted by atomic mass is 32.2. The van der Waals surface area contributed by atoms with E-state index in [0.717, 1.165) is 6.07 Å². The summed E-state index contributed by atoms with van der Waals surface area (Å²) in [5.41, 5.74) is 0.228. The van der Waals surface area contributed by atoms with Crippen LogP contribution in [0, 0.1) is 18.7 Å². The first kappa shape index (κ1) is 16.6. The van der Waals surface area contributed by atoms with Crippen LogP contribution in [0.25, 0.3) is 0 Å². The maximum Gasteiger partial charge on any atom is 0.321 e. The Labute approximate surface area is 117 Å². The van der Waals surface area contributed by atoms with Crippen LogP contribution in [0.3, 0.4) is 0 Å². The van der Waals surface area contributed by atoms with Crippen molar-refractivity contribution < 1.29 is 22.7 Å². The number of halogens is 1. The fraction of sp³-hybridized carbons (Fsp3) is 0.462. The third-order valence-corrected chi connectivity index (χ3v) is 4.38. The van der Waals surface area contributed by atoms with Gasteiger partial charge < -0.3 is 5.11 Å². The van der Waals surface area contributed by atoms with Crippen LogP contribution in [-0.2, 0) is 14.8 Å². The van der Waals surface area contributed by atoms with Crippen molar-refractivity contribution in [2.45, 2.75) is 38.1 Å². The largest absolute Gasteiger partial charge is 0.480 e. The smallest absolute Gasteiger partial charge is 0.321 e. The molecule has 0 radical (unpaired) electrons. The zero-order valence-corrected chi connectivity index (χ0v) is 12.4. The minimum atomic E-state index is -4.22. The lowest BCUT2D eigenvalue weighted by atomic mass is 10.1. The molecule has 0 unspecified atom stereocenters. The van der Waals surface area contributed by atoms with Crippen LogP contribution in [0.2, 0.25) is 0 Å². The Balaban J connectivity index is 3.13. The molecule has 0 fully saturated rings. The van der Waals surface area contributed by atoms with E-state index in [1.54, 1.807) is 13.8 Å². The zero-order chi connectivity index (χ0) is 15.5. The van der Waals surface area contributed by atoms with Gasteiger partial charge in [-0.15, -0.1) is 0 Å². The molecule has 1 aromatic rings. The molecule has 1 atom stereocenters. The van der Waals surface area contributed by atoms with Crippen LogP contribution in [0.15, 0.2) is 23.1 Å². The molecule has 0 amide bonds. The SMILES string of the molecule is Cc1cccc(F)c1S(=O)(=O)N[C@@H](CC(C)C)C(=O)O. The topological polar surface area (TPSA) is 83.5 Å². The van der Waals surface area contributed by atoms with E-state index in [-0.39, 0.29) is 17.9 Å². The first-order valence-electron chi connectivity index (χ1n) is 6.15. The average Bonchev–Trinajstić information content (AvgIpc) is 2.26. The van der Waals surface area contributed by atoms with Gasteiger partial charge in [-0.25, -0.2) is 12.8 Å². The van der Waals surface area contributed by atoms with Gasteiger partial charge in [0, 0.05) is 0 Å². The quantitative estimate of drug-likeness (QED) is 0.841. The Hall–Kier alpha value is -1.47. The third-order valence-electron chi connectivity index (χ3n) is 2.74. The summed E-state index contributed by atoms with van der Waals surface area (Å²) in [7, 11) is -4.22. The van der Waals surface area contributed by atoms with E-state index in [9.17, 15) is 17.6 Å². The molecule has 0 saturated heterocycles. The van der Waals surface area contributed by atoms with Crippen molar-refractivity contribution in [2.24, 2.45) is 5.92 Å². The molecule has 0 bridgehead atoms. The van der Waals surface area contributed by atoms with Gasteiger partial charge in [0.2, 0.25) is 10.0 Å². The number of aryl methyl sites for hydroxylation is 1. The number of hydrogen-bond acceptors (Lipinski definition) is 3. The number of hydrogen-bond donors (Lipinski definition) is 2. The van der Waals surface area contributed by atoms with Gasteiger partial charge in [0.1, 0.15) is 16.8 Å². The van der Waals surface area contributed by atoms with Crippen molar-refractivity contribution in [3.63, 3.8) is 0 Å². The number of carboxylic acids is 1. The first-order valence-corrected chi connectivity index (χ1v) is 7.63. The highest BCUT2D eigenvalue weighted by molar-refractivity contribution is 7.89. The minimum Gasteiger partial charge on any atom is -0.480 e. The summed E-state index contributed by atoms with van der Waals surface area (Å²) in [6, 6.07) is 2.60. The maximum absolute atomic E-state index is 13.7. The monoisotopic (exact) mass is 303 g/mol. The van der Waals surface area contributed by atoms with E-state index in [2.05, 4.69) is 4.72 Å². The van der Waals surface area contributed by atoms with E-state index in [4.69, 9.17) is 5.11 Å². The van der Waals surface area contributed by atoms with Gasteiger partial charge in [0.25, 0.3) is 0 Å². The fourth-order valence-electron chi connectivity index (χ4n) is 1.87. The lowest BCUT2D eigenvalue weighted by molar-refractivity contribution is -0.139. The predicted molar refractivity (Wildman–Crippen MR) is 72.3 cm³/mol. The summed E-state index contributed by atoms with van der Waals surface area (Å²) < 4.78 is 40.1. The van der Waals surface area contributed by atoms with Gasteiger partial charge in [-0.3, -0.25) is 4.79 Å². The summed E-state index contributed by atoms with van der Waals surface area (Å²) in [6.45, 7) is 5.01. The average molecular weight is 303 g/mol. The van der Waals surface area contributed by atoms with Crippen molar-refractivity contribution in [1.82, 2.24) is 4.72 Å². The molecule has 1 aromatic carbocycles. The molecular weight excluding hydrogens is 285 g/mol. The van der Waals surface area contributed by atoms with Gasteiger partial charge in [0.15, 0.2) is 0 Å². The second kappa shape index (κ2) is 6.32. The molecule has 20 heavy (non-hydrogen) atoms. The number of nitrogens with one attached hydrogen (secondary N) is 1. The number of carboxylic acid groups (broad SMARTS) is 1. The molecule has 0 aliphatic carbocycles. The minimum absolute atomic E-state index is 0.0134. The van der Waals surface area contributed by atoms with E-state index in [0.29, 0.717) is 0 Å². The lowest BCUT2D eigenvalue weighted by Gasteiger charge is -2.17.